The lowest BCUT2D eigenvalue weighted by Crippen LogP contribution is -2.22. The molecule has 3 heterocycles. The van der Waals surface area contributed by atoms with E-state index in [0.717, 1.165) is 29.0 Å². The third kappa shape index (κ3) is 5.08. The maximum Gasteiger partial charge on any atom is 0.433 e. The Labute approximate surface area is 176 Å². The Bertz CT molecular complexity index is 1100. The number of carbonyl (C=O) groups is 1. The van der Waals surface area contributed by atoms with Crippen molar-refractivity contribution >= 4 is 23.4 Å². The minimum Gasteiger partial charge on any atom is -0.365 e. The highest BCUT2D eigenvalue weighted by atomic mass is 19.4. The molecule has 1 amide bonds. The number of benzene rings is 1. The van der Waals surface area contributed by atoms with E-state index in [1.54, 1.807) is 18.3 Å². The van der Waals surface area contributed by atoms with Gasteiger partial charge in [0.05, 0.1) is 6.04 Å². The van der Waals surface area contributed by atoms with Gasteiger partial charge in [-0.1, -0.05) is 6.07 Å². The van der Waals surface area contributed by atoms with Crippen LogP contribution in [-0.2, 0) is 11.0 Å². The molecule has 1 fully saturated rings. The van der Waals surface area contributed by atoms with Crippen molar-refractivity contribution < 1.29 is 18.0 Å². The molecule has 2 aromatic heterocycles. The van der Waals surface area contributed by atoms with Crippen LogP contribution in [0.25, 0.3) is 11.1 Å². The summed E-state index contributed by atoms with van der Waals surface area (Å²) < 4.78 is 38.7. The molecule has 10 heteroatoms. The van der Waals surface area contributed by atoms with Crippen LogP contribution < -0.4 is 16.0 Å². The Balaban J connectivity index is 1.52. The number of carbonyl (C=O) groups excluding carboxylic acids is 1. The minimum absolute atomic E-state index is 0.00749. The van der Waals surface area contributed by atoms with Crippen LogP contribution in [0.2, 0.25) is 0 Å². The fourth-order valence-corrected chi connectivity index (χ4v) is 3.29. The molecule has 0 saturated carbocycles. The van der Waals surface area contributed by atoms with Crippen LogP contribution in [0.4, 0.5) is 30.6 Å². The number of nitrogens with one attached hydrogen (secondary N) is 3. The lowest BCUT2D eigenvalue weighted by molar-refractivity contribution is -0.141. The zero-order valence-corrected chi connectivity index (χ0v) is 16.5. The van der Waals surface area contributed by atoms with Crippen LogP contribution in [0.15, 0.2) is 48.8 Å². The first-order chi connectivity index (χ1) is 14.8. The van der Waals surface area contributed by atoms with Gasteiger partial charge in [-0.25, -0.2) is 15.0 Å². The number of hydrogen-bond acceptors (Lipinski definition) is 6. The van der Waals surface area contributed by atoms with Gasteiger partial charge >= 0.3 is 6.18 Å². The van der Waals surface area contributed by atoms with Crippen molar-refractivity contribution in [2.24, 2.45) is 0 Å². The molecule has 0 aliphatic carbocycles. The van der Waals surface area contributed by atoms with Crippen LogP contribution in [0, 0.1) is 6.92 Å². The van der Waals surface area contributed by atoms with Crippen molar-refractivity contribution in [1.82, 2.24) is 20.3 Å². The van der Waals surface area contributed by atoms with E-state index in [1.807, 2.05) is 25.1 Å². The van der Waals surface area contributed by atoms with Gasteiger partial charge in [0.15, 0.2) is 0 Å². The molecular weight excluding hydrogens is 409 g/mol. The number of anilines is 3. The molecule has 0 radical (unpaired) electrons. The van der Waals surface area contributed by atoms with Crippen LogP contribution in [0.3, 0.4) is 0 Å². The van der Waals surface area contributed by atoms with Crippen molar-refractivity contribution in [3.05, 3.63) is 60.0 Å². The van der Waals surface area contributed by atoms with Crippen molar-refractivity contribution in [2.75, 3.05) is 17.2 Å². The highest BCUT2D eigenvalue weighted by Gasteiger charge is 2.32. The van der Waals surface area contributed by atoms with Gasteiger partial charge in [0, 0.05) is 36.6 Å². The summed E-state index contributed by atoms with van der Waals surface area (Å²) in [6, 6.07) is 10.1. The maximum atomic E-state index is 12.9. The normalized spacial score (nSPS) is 16.1. The average molecular weight is 428 g/mol. The molecule has 1 unspecified atom stereocenters. The molecule has 0 spiro atoms. The van der Waals surface area contributed by atoms with E-state index in [-0.39, 0.29) is 17.9 Å². The van der Waals surface area contributed by atoms with E-state index in [0.29, 0.717) is 24.5 Å². The molecule has 3 aromatic rings. The molecule has 4 rings (SSSR count). The molecule has 0 bridgehead atoms. The number of rotatable bonds is 5. The van der Waals surface area contributed by atoms with Crippen molar-refractivity contribution in [1.29, 1.82) is 0 Å². The molecule has 160 valence electrons. The number of alkyl halides is 3. The quantitative estimate of drug-likeness (QED) is 0.571. The standard InChI is InChI=1S/C21H19F3N6O/c1-12-6-14(13-2-3-18(26-10-13)28-16-9-19(31)27-11-16)8-15(7-12)29-20-25-5-4-17(30-20)21(22,23)24/h2-8,10,16H,9,11H2,1H3,(H,26,28)(H,27,31)(H,25,29,30). The number of amides is 1. The molecule has 3 N–H and O–H groups in total. The fourth-order valence-electron chi connectivity index (χ4n) is 3.29. The van der Waals surface area contributed by atoms with Gasteiger partial charge in [0.2, 0.25) is 11.9 Å². The minimum atomic E-state index is -4.54. The first-order valence-corrected chi connectivity index (χ1v) is 9.55. The van der Waals surface area contributed by atoms with Crippen molar-refractivity contribution in [2.45, 2.75) is 25.6 Å². The summed E-state index contributed by atoms with van der Waals surface area (Å²) >= 11 is 0. The molecule has 7 nitrogen and oxygen atoms in total. The number of halogens is 3. The summed E-state index contributed by atoms with van der Waals surface area (Å²) in [6.45, 7) is 2.45. The molecule has 1 aliphatic rings. The molecular formula is C21H19F3N6O. The van der Waals surface area contributed by atoms with E-state index in [2.05, 4.69) is 30.9 Å². The Kier molecular flexibility index (Phi) is 5.45. The molecule has 31 heavy (non-hydrogen) atoms. The Morgan fingerprint density at radius 3 is 2.61 bits per heavy atom. The lowest BCUT2D eigenvalue weighted by Gasteiger charge is -2.13. The number of aryl methyl sites for hydroxylation is 1. The van der Waals surface area contributed by atoms with Gasteiger partial charge in [0.1, 0.15) is 11.5 Å². The maximum absolute atomic E-state index is 12.9. The molecule has 1 saturated heterocycles. The predicted octanol–water partition coefficient (Wildman–Crippen LogP) is 3.91. The summed E-state index contributed by atoms with van der Waals surface area (Å²) in [5, 5.41) is 8.81. The summed E-state index contributed by atoms with van der Waals surface area (Å²) in [4.78, 5) is 23.1. The molecule has 1 atom stereocenters. The number of aromatic nitrogens is 3. The first kappa shape index (κ1) is 20.6. The number of pyridine rings is 1. The third-order valence-electron chi connectivity index (χ3n) is 4.71. The second-order valence-corrected chi connectivity index (χ2v) is 7.26. The van der Waals surface area contributed by atoms with E-state index < -0.39 is 11.9 Å². The van der Waals surface area contributed by atoms with Crippen LogP contribution >= 0.6 is 0 Å². The highest BCUT2D eigenvalue weighted by molar-refractivity contribution is 5.79. The zero-order chi connectivity index (χ0) is 22.0. The van der Waals surface area contributed by atoms with Gasteiger partial charge in [-0.2, -0.15) is 13.2 Å². The smallest absolute Gasteiger partial charge is 0.365 e. The first-order valence-electron chi connectivity index (χ1n) is 9.55. The number of nitrogens with zero attached hydrogens (tertiary/aromatic N) is 3. The van der Waals surface area contributed by atoms with Gasteiger partial charge < -0.3 is 16.0 Å². The number of hydrogen-bond donors (Lipinski definition) is 3. The molecule has 1 aromatic carbocycles. The monoisotopic (exact) mass is 428 g/mol. The summed E-state index contributed by atoms with van der Waals surface area (Å²) in [6.07, 6.45) is -1.36. The summed E-state index contributed by atoms with van der Waals surface area (Å²) in [7, 11) is 0. The molecule has 1 aliphatic heterocycles. The van der Waals surface area contributed by atoms with Crippen LogP contribution in [0.1, 0.15) is 17.7 Å². The second kappa shape index (κ2) is 8.21. The van der Waals surface area contributed by atoms with E-state index >= 15 is 0 Å². The van der Waals surface area contributed by atoms with Gasteiger partial charge in [0.25, 0.3) is 0 Å². The van der Waals surface area contributed by atoms with Gasteiger partial charge in [-0.05, 0) is 48.4 Å². The van der Waals surface area contributed by atoms with E-state index in [1.165, 1.54) is 0 Å². The van der Waals surface area contributed by atoms with E-state index in [9.17, 15) is 18.0 Å². The Hall–Kier alpha value is -3.69. The second-order valence-electron chi connectivity index (χ2n) is 7.26. The Morgan fingerprint density at radius 1 is 1.10 bits per heavy atom. The van der Waals surface area contributed by atoms with E-state index in [4.69, 9.17) is 0 Å². The fraction of sp³-hybridized carbons (Fsp3) is 0.238. The SMILES string of the molecule is Cc1cc(Nc2nccc(C(F)(F)F)n2)cc(-c2ccc(NC3CNC(=O)C3)nc2)c1. The Morgan fingerprint density at radius 2 is 1.94 bits per heavy atom. The van der Waals surface area contributed by atoms with Crippen molar-refractivity contribution in [3.63, 3.8) is 0 Å². The zero-order valence-electron chi connectivity index (χ0n) is 16.5. The largest absolute Gasteiger partial charge is 0.433 e. The van der Waals surface area contributed by atoms with Crippen molar-refractivity contribution in [3.8, 4) is 11.1 Å². The lowest BCUT2D eigenvalue weighted by atomic mass is 10.0. The topological polar surface area (TPSA) is 91.8 Å². The van der Waals surface area contributed by atoms with Crippen LogP contribution in [-0.4, -0.2) is 33.4 Å². The summed E-state index contributed by atoms with van der Waals surface area (Å²) in [5.41, 5.74) is 2.13. The van der Waals surface area contributed by atoms with Gasteiger partial charge in [-0.3, -0.25) is 4.79 Å². The third-order valence-corrected chi connectivity index (χ3v) is 4.71. The predicted molar refractivity (Wildman–Crippen MR) is 110 cm³/mol. The summed E-state index contributed by atoms with van der Waals surface area (Å²) in [5.74, 6) is 0.538. The van der Waals surface area contributed by atoms with Gasteiger partial charge in [-0.15, -0.1) is 0 Å². The van der Waals surface area contributed by atoms with Crippen LogP contribution in [0.5, 0.6) is 0 Å². The average Bonchev–Trinajstić information content (AvgIpc) is 3.12. The highest BCUT2D eigenvalue weighted by Crippen LogP contribution is 2.29.